The van der Waals surface area contributed by atoms with Crippen molar-refractivity contribution in [3.63, 3.8) is 0 Å². The minimum atomic E-state index is -2.54. The second kappa shape index (κ2) is 9.21. The Labute approximate surface area is 101 Å². The fourth-order valence-electron chi connectivity index (χ4n) is 1.73. The summed E-state index contributed by atoms with van der Waals surface area (Å²) in [6, 6.07) is 0. The van der Waals surface area contributed by atoms with Crippen LogP contribution in [0.15, 0.2) is 0 Å². The van der Waals surface area contributed by atoms with Crippen molar-refractivity contribution in [1.82, 2.24) is 4.67 Å². The molecule has 0 bridgehead atoms. The fourth-order valence-corrected chi connectivity index (χ4v) is 3.88. The monoisotopic (exact) mass is 249 g/mol. The standard InChI is InChI=1S/C12H28NO2P/c1-5-8-10-13(11-9-6-2)16(14,15-4)12-7-3/h5-12H2,1-4H3. The van der Waals surface area contributed by atoms with Gasteiger partial charge in [0, 0.05) is 26.4 Å². The van der Waals surface area contributed by atoms with Gasteiger partial charge in [0.15, 0.2) is 0 Å². The van der Waals surface area contributed by atoms with Crippen molar-refractivity contribution in [3.8, 4) is 0 Å². The van der Waals surface area contributed by atoms with E-state index in [-0.39, 0.29) is 0 Å². The molecule has 0 fully saturated rings. The molecule has 0 rings (SSSR count). The average molecular weight is 249 g/mol. The van der Waals surface area contributed by atoms with Gasteiger partial charge < -0.3 is 4.52 Å². The van der Waals surface area contributed by atoms with Gasteiger partial charge in [0.05, 0.1) is 0 Å². The molecule has 3 nitrogen and oxygen atoms in total. The molecule has 0 N–H and O–H groups in total. The molecule has 0 spiro atoms. The topological polar surface area (TPSA) is 29.5 Å². The van der Waals surface area contributed by atoms with E-state index in [9.17, 15) is 4.57 Å². The van der Waals surface area contributed by atoms with E-state index in [0.717, 1.165) is 45.2 Å². The highest BCUT2D eigenvalue weighted by atomic mass is 31.2. The maximum Gasteiger partial charge on any atom is 0.272 e. The van der Waals surface area contributed by atoms with Gasteiger partial charge in [0.1, 0.15) is 0 Å². The zero-order chi connectivity index (χ0) is 12.4. The number of hydrogen-bond acceptors (Lipinski definition) is 2. The van der Waals surface area contributed by atoms with E-state index < -0.39 is 7.52 Å². The van der Waals surface area contributed by atoms with Gasteiger partial charge in [0.25, 0.3) is 7.52 Å². The zero-order valence-corrected chi connectivity index (χ0v) is 12.3. The lowest BCUT2D eigenvalue weighted by molar-refractivity contribution is 0.298. The molecule has 1 unspecified atom stereocenters. The molecule has 0 saturated heterocycles. The third kappa shape index (κ3) is 5.47. The van der Waals surface area contributed by atoms with Crippen molar-refractivity contribution in [2.24, 2.45) is 0 Å². The smallest absolute Gasteiger partial charge is 0.272 e. The number of rotatable bonds is 10. The Kier molecular flexibility index (Phi) is 9.29. The average Bonchev–Trinajstić information content (AvgIpc) is 2.29. The molecule has 0 aromatic heterocycles. The molecule has 4 heteroatoms. The summed E-state index contributed by atoms with van der Waals surface area (Å²) >= 11 is 0. The molecule has 0 saturated carbocycles. The quantitative estimate of drug-likeness (QED) is 0.545. The van der Waals surface area contributed by atoms with E-state index in [0.29, 0.717) is 6.16 Å². The number of unbranched alkanes of at least 4 members (excludes halogenated alkanes) is 2. The predicted octanol–water partition coefficient (Wildman–Crippen LogP) is 4.14. The number of hydrogen-bond donors (Lipinski definition) is 0. The summed E-state index contributed by atoms with van der Waals surface area (Å²) in [6.07, 6.45) is 6.06. The van der Waals surface area contributed by atoms with Crippen LogP contribution >= 0.6 is 7.52 Å². The molecule has 0 heterocycles. The van der Waals surface area contributed by atoms with Crippen molar-refractivity contribution in [3.05, 3.63) is 0 Å². The van der Waals surface area contributed by atoms with Gasteiger partial charge in [-0.05, 0) is 19.3 Å². The third-order valence-electron chi connectivity index (χ3n) is 2.76. The summed E-state index contributed by atoms with van der Waals surface area (Å²) < 4.78 is 20.0. The molecule has 0 aliphatic rings. The molecule has 0 aromatic carbocycles. The lowest BCUT2D eigenvalue weighted by Gasteiger charge is -2.30. The minimum Gasteiger partial charge on any atom is -0.321 e. The first-order chi connectivity index (χ1) is 7.64. The molecule has 0 radical (unpaired) electrons. The zero-order valence-electron chi connectivity index (χ0n) is 11.4. The molecule has 0 aliphatic heterocycles. The van der Waals surface area contributed by atoms with Crippen LogP contribution in [0.2, 0.25) is 0 Å². The third-order valence-corrected chi connectivity index (χ3v) is 5.61. The molecule has 0 aromatic rings. The van der Waals surface area contributed by atoms with Crippen molar-refractivity contribution >= 4 is 7.52 Å². The number of nitrogens with zero attached hydrogens (tertiary/aromatic N) is 1. The Hall–Kier alpha value is 0.150. The van der Waals surface area contributed by atoms with E-state index in [1.807, 2.05) is 0 Å². The lowest BCUT2D eigenvalue weighted by Crippen LogP contribution is -2.25. The maximum atomic E-state index is 12.6. The fraction of sp³-hybridized carbons (Fsp3) is 1.00. The normalized spacial score (nSPS) is 15.3. The Morgan fingerprint density at radius 1 is 1.00 bits per heavy atom. The van der Waals surface area contributed by atoms with Gasteiger partial charge in [-0.1, -0.05) is 33.6 Å². The van der Waals surface area contributed by atoms with E-state index in [1.165, 1.54) is 0 Å². The van der Waals surface area contributed by atoms with Crippen LogP contribution in [0.3, 0.4) is 0 Å². The van der Waals surface area contributed by atoms with Gasteiger partial charge in [0.2, 0.25) is 0 Å². The molecule has 1 atom stereocenters. The second-order valence-corrected chi connectivity index (χ2v) is 6.86. The Morgan fingerprint density at radius 2 is 1.50 bits per heavy atom. The molecular formula is C12H28NO2P. The first-order valence-electron chi connectivity index (χ1n) is 6.54. The molecule has 0 aliphatic carbocycles. The Balaban J connectivity index is 4.47. The van der Waals surface area contributed by atoms with Crippen LogP contribution in [0.5, 0.6) is 0 Å². The highest BCUT2D eigenvalue weighted by molar-refractivity contribution is 7.56. The second-order valence-electron chi connectivity index (χ2n) is 4.20. The van der Waals surface area contributed by atoms with Gasteiger partial charge in [-0.2, -0.15) is 0 Å². The summed E-state index contributed by atoms with van der Waals surface area (Å²) in [7, 11) is -0.952. The van der Waals surface area contributed by atoms with Crippen LogP contribution in [0, 0.1) is 0 Å². The van der Waals surface area contributed by atoms with E-state index in [2.05, 4.69) is 25.4 Å². The van der Waals surface area contributed by atoms with Crippen molar-refractivity contribution in [2.75, 3.05) is 26.4 Å². The molecule has 98 valence electrons. The largest absolute Gasteiger partial charge is 0.321 e. The van der Waals surface area contributed by atoms with Gasteiger partial charge in [-0.3, -0.25) is 4.57 Å². The first kappa shape index (κ1) is 16.1. The van der Waals surface area contributed by atoms with Crippen LogP contribution in [-0.4, -0.2) is 31.0 Å². The summed E-state index contributed by atoms with van der Waals surface area (Å²) in [6.45, 7) is 8.19. The van der Waals surface area contributed by atoms with Gasteiger partial charge >= 0.3 is 0 Å². The highest BCUT2D eigenvalue weighted by Crippen LogP contribution is 2.50. The Bertz CT molecular complexity index is 201. The van der Waals surface area contributed by atoms with Gasteiger partial charge in [-0.15, -0.1) is 0 Å². The SMILES string of the molecule is CCCCN(CCCC)P(=O)(CCC)OC. The summed E-state index contributed by atoms with van der Waals surface area (Å²) in [5.41, 5.74) is 0. The highest BCUT2D eigenvalue weighted by Gasteiger charge is 2.28. The van der Waals surface area contributed by atoms with Crippen LogP contribution in [0.25, 0.3) is 0 Å². The minimum absolute atomic E-state index is 0.678. The lowest BCUT2D eigenvalue weighted by atomic mass is 10.3. The van der Waals surface area contributed by atoms with E-state index in [4.69, 9.17) is 4.52 Å². The van der Waals surface area contributed by atoms with Crippen LogP contribution in [-0.2, 0) is 9.09 Å². The predicted molar refractivity (Wildman–Crippen MR) is 71.2 cm³/mol. The van der Waals surface area contributed by atoms with E-state index in [1.54, 1.807) is 7.11 Å². The van der Waals surface area contributed by atoms with Crippen LogP contribution in [0.1, 0.15) is 52.9 Å². The Morgan fingerprint density at radius 3 is 1.81 bits per heavy atom. The molecule has 0 amide bonds. The van der Waals surface area contributed by atoms with Gasteiger partial charge in [-0.25, -0.2) is 4.67 Å². The van der Waals surface area contributed by atoms with Crippen LogP contribution < -0.4 is 0 Å². The van der Waals surface area contributed by atoms with Crippen molar-refractivity contribution in [2.45, 2.75) is 52.9 Å². The first-order valence-corrected chi connectivity index (χ1v) is 8.31. The van der Waals surface area contributed by atoms with Crippen LogP contribution in [0.4, 0.5) is 0 Å². The molecule has 16 heavy (non-hydrogen) atoms. The van der Waals surface area contributed by atoms with Crippen molar-refractivity contribution < 1.29 is 9.09 Å². The maximum absolute atomic E-state index is 12.6. The van der Waals surface area contributed by atoms with Crippen molar-refractivity contribution in [1.29, 1.82) is 0 Å². The summed E-state index contributed by atoms with van der Waals surface area (Å²) in [4.78, 5) is 0. The molecular weight excluding hydrogens is 221 g/mol. The van der Waals surface area contributed by atoms with E-state index >= 15 is 0 Å². The summed E-state index contributed by atoms with van der Waals surface area (Å²) in [5.74, 6) is 0. The summed E-state index contributed by atoms with van der Waals surface area (Å²) in [5, 5.41) is 0.